The molecule has 4 atom stereocenters. The van der Waals surface area contributed by atoms with E-state index in [1.165, 1.54) is 34.0 Å². The summed E-state index contributed by atoms with van der Waals surface area (Å²) in [6.07, 6.45) is 12.8. The molecule has 23 heavy (non-hydrogen) atoms. The van der Waals surface area contributed by atoms with Crippen molar-refractivity contribution in [2.75, 3.05) is 7.11 Å². The third-order valence-electron chi connectivity index (χ3n) is 5.78. The highest BCUT2D eigenvalue weighted by Gasteiger charge is 2.44. The van der Waals surface area contributed by atoms with E-state index in [2.05, 4.69) is 66.3 Å². The van der Waals surface area contributed by atoms with Crippen LogP contribution in [0.1, 0.15) is 24.9 Å². The van der Waals surface area contributed by atoms with Gasteiger partial charge < -0.3 is 9.30 Å². The van der Waals surface area contributed by atoms with Gasteiger partial charge in [-0.15, -0.1) is 0 Å². The van der Waals surface area contributed by atoms with E-state index >= 15 is 0 Å². The molecule has 0 spiro atoms. The van der Waals surface area contributed by atoms with Gasteiger partial charge in [0.25, 0.3) is 0 Å². The average molecular weight is 303 g/mol. The number of rotatable bonds is 2. The average Bonchev–Trinajstić information content (AvgIpc) is 3.26. The van der Waals surface area contributed by atoms with Crippen LogP contribution in [-0.2, 0) is 4.74 Å². The van der Waals surface area contributed by atoms with E-state index in [4.69, 9.17) is 4.74 Å². The summed E-state index contributed by atoms with van der Waals surface area (Å²) in [5.41, 5.74) is 5.82. The molecule has 4 unspecified atom stereocenters. The Morgan fingerprint density at radius 1 is 1.17 bits per heavy atom. The quantitative estimate of drug-likeness (QED) is 0.730. The van der Waals surface area contributed by atoms with Crippen LogP contribution >= 0.6 is 0 Å². The molecule has 0 radical (unpaired) electrons. The minimum Gasteiger partial charge on any atom is -0.375 e. The van der Waals surface area contributed by atoms with E-state index in [0.717, 1.165) is 0 Å². The van der Waals surface area contributed by atoms with Gasteiger partial charge in [-0.25, -0.2) is 0 Å². The first-order valence-electron chi connectivity index (χ1n) is 8.51. The van der Waals surface area contributed by atoms with Crippen molar-refractivity contribution in [2.24, 2.45) is 11.8 Å². The van der Waals surface area contributed by atoms with Crippen molar-refractivity contribution in [3.8, 4) is 0 Å². The standard InChI is InChI=1S/C21H21NO/c1-3-5-17-21(23-2)19-15-9-8-14(12-15)18(19)16-7-4-6-13-10-11-22(17)20(13)16/h3-11,14-15,17,21H,12H2,1-2H3/b5-3+. The third kappa shape index (κ3) is 1.62. The minimum absolute atomic E-state index is 0.115. The maximum Gasteiger partial charge on any atom is 0.104 e. The van der Waals surface area contributed by atoms with E-state index in [0.29, 0.717) is 11.8 Å². The fourth-order valence-corrected chi connectivity index (χ4v) is 4.95. The fourth-order valence-electron chi connectivity index (χ4n) is 4.95. The molecule has 5 rings (SSSR count). The monoisotopic (exact) mass is 303 g/mol. The van der Waals surface area contributed by atoms with Gasteiger partial charge >= 0.3 is 0 Å². The lowest BCUT2D eigenvalue weighted by Crippen LogP contribution is -2.27. The van der Waals surface area contributed by atoms with Gasteiger partial charge in [-0.1, -0.05) is 42.5 Å². The molecule has 1 aromatic heterocycles. The first-order valence-corrected chi connectivity index (χ1v) is 8.51. The highest BCUT2D eigenvalue weighted by molar-refractivity contribution is 5.96. The number of benzene rings is 1. The normalized spacial score (nSPS) is 31.4. The van der Waals surface area contributed by atoms with Crippen LogP contribution in [0, 0.1) is 11.8 Å². The van der Waals surface area contributed by atoms with E-state index in [-0.39, 0.29) is 12.1 Å². The van der Waals surface area contributed by atoms with E-state index in [9.17, 15) is 0 Å². The van der Waals surface area contributed by atoms with E-state index < -0.39 is 0 Å². The molecule has 0 saturated heterocycles. The smallest absolute Gasteiger partial charge is 0.104 e. The lowest BCUT2D eigenvalue weighted by molar-refractivity contribution is 0.0976. The largest absolute Gasteiger partial charge is 0.375 e. The second kappa shape index (κ2) is 4.72. The van der Waals surface area contributed by atoms with Gasteiger partial charge in [-0.3, -0.25) is 0 Å². The minimum atomic E-state index is 0.115. The molecule has 2 heteroatoms. The lowest BCUT2D eigenvalue weighted by atomic mass is 9.86. The zero-order valence-corrected chi connectivity index (χ0v) is 13.6. The highest BCUT2D eigenvalue weighted by atomic mass is 16.5. The molecule has 2 aliphatic carbocycles. The van der Waals surface area contributed by atoms with Crippen molar-refractivity contribution in [3.05, 3.63) is 65.9 Å². The number of aromatic nitrogens is 1. The van der Waals surface area contributed by atoms with Crippen molar-refractivity contribution in [2.45, 2.75) is 25.5 Å². The molecule has 0 amide bonds. The van der Waals surface area contributed by atoms with Gasteiger partial charge in [0.1, 0.15) is 6.10 Å². The highest BCUT2D eigenvalue weighted by Crippen LogP contribution is 2.54. The van der Waals surface area contributed by atoms with Crippen molar-refractivity contribution in [3.63, 3.8) is 0 Å². The van der Waals surface area contributed by atoms with Gasteiger partial charge in [-0.2, -0.15) is 0 Å². The number of hydrogen-bond acceptors (Lipinski definition) is 1. The first-order chi connectivity index (χ1) is 11.3. The van der Waals surface area contributed by atoms with Crippen LogP contribution in [0.25, 0.3) is 16.5 Å². The molecule has 2 bridgehead atoms. The predicted molar refractivity (Wildman–Crippen MR) is 94.2 cm³/mol. The van der Waals surface area contributed by atoms with Crippen LogP contribution in [0.4, 0.5) is 0 Å². The first kappa shape index (κ1) is 13.4. The molecular weight excluding hydrogens is 282 g/mol. The molecule has 0 saturated carbocycles. The summed E-state index contributed by atoms with van der Waals surface area (Å²) < 4.78 is 8.48. The van der Waals surface area contributed by atoms with Crippen molar-refractivity contribution in [1.82, 2.24) is 4.57 Å². The SMILES string of the molecule is C/C=C/C1C(OC)C2=C(c3cccc4ccn1c34)C1C=CC2C1. The molecule has 1 aromatic carbocycles. The number of para-hydroxylation sites is 1. The Hall–Kier alpha value is -2.06. The zero-order chi connectivity index (χ0) is 15.6. The molecule has 2 aromatic rings. The lowest BCUT2D eigenvalue weighted by Gasteiger charge is -2.28. The summed E-state index contributed by atoms with van der Waals surface area (Å²) in [4.78, 5) is 0. The summed E-state index contributed by atoms with van der Waals surface area (Å²) in [5, 5.41) is 1.33. The van der Waals surface area contributed by atoms with Crippen molar-refractivity contribution in [1.29, 1.82) is 0 Å². The fraction of sp³-hybridized carbons (Fsp3) is 0.333. The van der Waals surface area contributed by atoms with Crippen LogP contribution in [0.15, 0.2) is 60.3 Å². The molecule has 2 nitrogen and oxygen atoms in total. The topological polar surface area (TPSA) is 14.2 Å². The van der Waals surface area contributed by atoms with Crippen molar-refractivity contribution >= 4 is 16.5 Å². The summed E-state index contributed by atoms with van der Waals surface area (Å²) in [7, 11) is 1.86. The number of hydrogen-bond donors (Lipinski definition) is 0. The summed E-state index contributed by atoms with van der Waals surface area (Å²) in [6, 6.07) is 9.17. The van der Waals surface area contributed by atoms with Crippen LogP contribution < -0.4 is 0 Å². The maximum atomic E-state index is 6.07. The van der Waals surface area contributed by atoms with Gasteiger partial charge in [0.05, 0.1) is 11.6 Å². The molecule has 116 valence electrons. The van der Waals surface area contributed by atoms with Gasteiger partial charge in [0.2, 0.25) is 0 Å². The van der Waals surface area contributed by atoms with Crippen LogP contribution in [-0.4, -0.2) is 17.8 Å². The third-order valence-corrected chi connectivity index (χ3v) is 5.78. The molecule has 2 heterocycles. The van der Waals surface area contributed by atoms with Crippen molar-refractivity contribution < 1.29 is 4.74 Å². The molecule has 3 aliphatic rings. The summed E-state index contributed by atoms with van der Waals surface area (Å²) in [5.74, 6) is 1.11. The Bertz CT molecular complexity index is 882. The Morgan fingerprint density at radius 2 is 2.04 bits per heavy atom. The Balaban J connectivity index is 1.88. The Morgan fingerprint density at radius 3 is 2.87 bits per heavy atom. The molecule has 1 aliphatic heterocycles. The number of methoxy groups -OCH3 is 1. The van der Waals surface area contributed by atoms with Crippen LogP contribution in [0.2, 0.25) is 0 Å². The second-order valence-corrected chi connectivity index (χ2v) is 6.84. The van der Waals surface area contributed by atoms with Gasteiger partial charge in [0.15, 0.2) is 0 Å². The number of fused-ring (bicyclic) bond motifs is 5. The second-order valence-electron chi connectivity index (χ2n) is 6.84. The molecule has 0 N–H and O–H groups in total. The number of allylic oxidation sites excluding steroid dienone is 4. The van der Waals surface area contributed by atoms with Crippen LogP contribution in [0.3, 0.4) is 0 Å². The predicted octanol–water partition coefficient (Wildman–Crippen LogP) is 4.75. The molecule has 0 fully saturated rings. The van der Waals surface area contributed by atoms with Gasteiger partial charge in [0, 0.05) is 36.1 Å². The van der Waals surface area contributed by atoms with Gasteiger partial charge in [-0.05, 0) is 30.6 Å². The Kier molecular flexibility index (Phi) is 2.75. The summed E-state index contributed by atoms with van der Waals surface area (Å²) >= 11 is 0. The zero-order valence-electron chi connectivity index (χ0n) is 13.6. The number of ether oxygens (including phenoxy) is 1. The van der Waals surface area contributed by atoms with Crippen LogP contribution in [0.5, 0.6) is 0 Å². The van der Waals surface area contributed by atoms with E-state index in [1.807, 2.05) is 7.11 Å². The number of nitrogens with zero attached hydrogens (tertiary/aromatic N) is 1. The Labute approximate surface area is 136 Å². The summed E-state index contributed by atoms with van der Waals surface area (Å²) in [6.45, 7) is 2.10. The maximum absolute atomic E-state index is 6.07. The molecular formula is C21H21NO. The van der Waals surface area contributed by atoms with E-state index in [1.54, 1.807) is 0 Å².